The van der Waals surface area contributed by atoms with E-state index in [1.807, 2.05) is 54.0 Å². The Morgan fingerprint density at radius 2 is 1.66 bits per heavy atom. The summed E-state index contributed by atoms with van der Waals surface area (Å²) < 4.78 is 2.90. The topological polar surface area (TPSA) is 38.1 Å². The molecular formula is C26H25N3OS2. The van der Waals surface area contributed by atoms with Crippen LogP contribution in [0, 0.1) is 6.92 Å². The van der Waals surface area contributed by atoms with Crippen molar-refractivity contribution in [2.45, 2.75) is 36.7 Å². The molecule has 5 rings (SSSR count). The average molecular weight is 460 g/mol. The van der Waals surface area contributed by atoms with E-state index < -0.39 is 0 Å². The Labute approximate surface area is 197 Å². The minimum Gasteiger partial charge on any atom is -0.293 e. The van der Waals surface area contributed by atoms with Crippen LogP contribution in [0.3, 0.4) is 0 Å². The molecule has 0 aliphatic carbocycles. The third-order valence-corrected chi connectivity index (χ3v) is 7.33. The highest BCUT2D eigenvalue weighted by Crippen LogP contribution is 2.28. The fourth-order valence-corrected chi connectivity index (χ4v) is 5.75. The summed E-state index contributed by atoms with van der Waals surface area (Å²) in [5, 5.41) is 0. The van der Waals surface area contributed by atoms with Crippen molar-refractivity contribution < 1.29 is 0 Å². The molecule has 0 bridgehead atoms. The molecule has 0 saturated carbocycles. The number of hydrogen-bond acceptors (Lipinski definition) is 5. The summed E-state index contributed by atoms with van der Waals surface area (Å²) in [5.74, 6) is 0.762. The van der Waals surface area contributed by atoms with Crippen LogP contribution in [0.5, 0.6) is 0 Å². The first-order valence-electron chi connectivity index (χ1n) is 10.8. The van der Waals surface area contributed by atoms with Crippen molar-refractivity contribution in [1.82, 2.24) is 14.5 Å². The molecule has 4 aromatic rings. The molecule has 0 amide bonds. The van der Waals surface area contributed by atoms with Crippen LogP contribution in [0.2, 0.25) is 0 Å². The Balaban J connectivity index is 1.57. The number of aromatic nitrogens is 2. The van der Waals surface area contributed by atoms with Gasteiger partial charge < -0.3 is 0 Å². The number of thiol groups is 1. The van der Waals surface area contributed by atoms with E-state index in [0.717, 1.165) is 51.9 Å². The van der Waals surface area contributed by atoms with Crippen LogP contribution < -0.4 is 5.56 Å². The molecular weight excluding hydrogens is 434 g/mol. The second kappa shape index (κ2) is 9.06. The van der Waals surface area contributed by atoms with Crippen LogP contribution >= 0.6 is 24.0 Å². The van der Waals surface area contributed by atoms with Gasteiger partial charge in [-0.2, -0.15) is 0 Å². The van der Waals surface area contributed by atoms with Crippen LogP contribution in [0.4, 0.5) is 0 Å². The molecule has 2 aromatic heterocycles. The van der Waals surface area contributed by atoms with Gasteiger partial charge in [-0.25, -0.2) is 4.98 Å². The zero-order valence-electron chi connectivity index (χ0n) is 17.9. The van der Waals surface area contributed by atoms with Gasteiger partial charge in [0.05, 0.1) is 21.5 Å². The molecule has 0 fully saturated rings. The Bertz CT molecular complexity index is 1240. The summed E-state index contributed by atoms with van der Waals surface area (Å²) in [6.45, 7) is 4.31. The molecule has 1 aliphatic rings. The summed E-state index contributed by atoms with van der Waals surface area (Å²) in [6.07, 6.45) is 0.798. The predicted octanol–water partition coefficient (Wildman–Crippen LogP) is 5.10. The van der Waals surface area contributed by atoms with Gasteiger partial charge in [-0.05, 0) is 30.2 Å². The molecule has 2 aromatic carbocycles. The maximum absolute atomic E-state index is 13.9. The lowest BCUT2D eigenvalue weighted by molar-refractivity contribution is 0.242. The first-order valence-corrected chi connectivity index (χ1v) is 12.1. The van der Waals surface area contributed by atoms with Gasteiger partial charge in [0.1, 0.15) is 5.82 Å². The van der Waals surface area contributed by atoms with Crippen molar-refractivity contribution in [3.05, 3.63) is 116 Å². The van der Waals surface area contributed by atoms with Gasteiger partial charge in [0.15, 0.2) is 0 Å². The van der Waals surface area contributed by atoms with Crippen molar-refractivity contribution >= 4 is 24.0 Å². The molecule has 0 spiro atoms. The first-order chi connectivity index (χ1) is 15.6. The van der Waals surface area contributed by atoms with Crippen molar-refractivity contribution in [1.29, 1.82) is 0 Å². The van der Waals surface area contributed by atoms with Gasteiger partial charge in [-0.3, -0.25) is 14.3 Å². The molecule has 1 aliphatic heterocycles. The average Bonchev–Trinajstić information content (AvgIpc) is 3.22. The van der Waals surface area contributed by atoms with Gasteiger partial charge in [-0.1, -0.05) is 60.7 Å². The van der Waals surface area contributed by atoms with E-state index in [2.05, 4.69) is 47.9 Å². The maximum Gasteiger partial charge on any atom is 0.259 e. The Morgan fingerprint density at radius 1 is 1.00 bits per heavy atom. The lowest BCUT2D eigenvalue weighted by Crippen LogP contribution is -2.40. The molecule has 4 nitrogen and oxygen atoms in total. The minimum absolute atomic E-state index is 0.0657. The molecule has 0 radical (unpaired) electrons. The van der Waals surface area contributed by atoms with E-state index in [0.29, 0.717) is 6.54 Å². The van der Waals surface area contributed by atoms with Gasteiger partial charge >= 0.3 is 0 Å². The van der Waals surface area contributed by atoms with E-state index in [1.165, 1.54) is 4.88 Å². The third kappa shape index (κ3) is 4.18. The highest BCUT2D eigenvalue weighted by molar-refractivity contribution is 7.82. The summed E-state index contributed by atoms with van der Waals surface area (Å²) in [6, 6.07) is 24.4. The predicted molar refractivity (Wildman–Crippen MR) is 133 cm³/mol. The molecule has 0 atom stereocenters. The molecule has 3 heterocycles. The number of fused-ring (bicyclic) bond motifs is 1. The largest absolute Gasteiger partial charge is 0.293 e. The lowest BCUT2D eigenvalue weighted by atomic mass is 9.97. The summed E-state index contributed by atoms with van der Waals surface area (Å²) >= 11 is 6.13. The summed E-state index contributed by atoms with van der Waals surface area (Å²) in [7, 11) is 0. The van der Waals surface area contributed by atoms with Crippen LogP contribution in [-0.4, -0.2) is 21.0 Å². The summed E-state index contributed by atoms with van der Waals surface area (Å²) in [5.41, 5.74) is 4.00. The van der Waals surface area contributed by atoms with E-state index in [9.17, 15) is 4.79 Å². The Kier molecular flexibility index (Phi) is 6.00. The Morgan fingerprint density at radius 3 is 2.25 bits per heavy atom. The normalized spacial score (nSPS) is 14.0. The number of hydrogen-bond donors (Lipinski definition) is 1. The molecule has 0 saturated heterocycles. The van der Waals surface area contributed by atoms with E-state index in [-0.39, 0.29) is 11.6 Å². The number of thiophene rings is 1. The first kappa shape index (κ1) is 21.2. The smallest absolute Gasteiger partial charge is 0.259 e. The zero-order chi connectivity index (χ0) is 22.1. The second-order valence-electron chi connectivity index (χ2n) is 8.18. The van der Waals surface area contributed by atoms with E-state index >= 15 is 0 Å². The van der Waals surface area contributed by atoms with Crippen molar-refractivity contribution in [3.63, 3.8) is 0 Å². The second-order valence-corrected chi connectivity index (χ2v) is 10.1. The van der Waals surface area contributed by atoms with Crippen molar-refractivity contribution in [2.24, 2.45) is 0 Å². The SMILES string of the molecule is Cc1nc2c(c(=O)n1C(c1ccccc1)c1ccccc1)CN(Cc1ccc(S)s1)CC2. The van der Waals surface area contributed by atoms with Gasteiger partial charge in [0.2, 0.25) is 0 Å². The van der Waals surface area contributed by atoms with Crippen LogP contribution in [-0.2, 0) is 19.5 Å². The molecule has 0 N–H and O–H groups in total. The fourth-order valence-electron chi connectivity index (χ4n) is 4.54. The van der Waals surface area contributed by atoms with Crippen LogP contribution in [0.1, 0.15) is 39.1 Å². The quantitative estimate of drug-likeness (QED) is 0.422. The van der Waals surface area contributed by atoms with Crippen molar-refractivity contribution in [2.75, 3.05) is 6.54 Å². The standard InChI is InChI=1S/C26H25N3OS2/c1-18-27-23-14-15-28(16-21-12-13-24(31)32-21)17-22(23)26(30)29(18)25(19-8-4-2-5-9-19)20-10-6-3-7-11-20/h2-13,25,31H,14-17H2,1H3. The minimum atomic E-state index is -0.206. The Hall–Kier alpha value is -2.67. The summed E-state index contributed by atoms with van der Waals surface area (Å²) in [4.78, 5) is 22.4. The monoisotopic (exact) mass is 459 g/mol. The zero-order valence-corrected chi connectivity index (χ0v) is 19.7. The van der Waals surface area contributed by atoms with Gasteiger partial charge in [0.25, 0.3) is 5.56 Å². The molecule has 32 heavy (non-hydrogen) atoms. The highest BCUT2D eigenvalue weighted by atomic mass is 32.2. The van der Waals surface area contributed by atoms with Gasteiger partial charge in [-0.15, -0.1) is 24.0 Å². The van der Waals surface area contributed by atoms with E-state index in [4.69, 9.17) is 4.98 Å². The maximum atomic E-state index is 13.9. The number of aryl methyl sites for hydroxylation is 1. The molecule has 6 heteroatoms. The van der Waals surface area contributed by atoms with Crippen LogP contribution in [0.15, 0.2) is 81.8 Å². The number of nitrogens with zero attached hydrogens (tertiary/aromatic N) is 3. The number of benzene rings is 2. The van der Waals surface area contributed by atoms with E-state index in [1.54, 1.807) is 11.3 Å². The van der Waals surface area contributed by atoms with Gasteiger partial charge in [0, 0.05) is 30.9 Å². The number of rotatable bonds is 5. The fraction of sp³-hybridized carbons (Fsp3) is 0.231. The highest BCUT2D eigenvalue weighted by Gasteiger charge is 2.27. The third-order valence-electron chi connectivity index (χ3n) is 6.03. The molecule has 0 unspecified atom stereocenters. The van der Waals surface area contributed by atoms with Crippen LogP contribution in [0.25, 0.3) is 0 Å². The molecule has 162 valence electrons. The van der Waals surface area contributed by atoms with Crippen molar-refractivity contribution in [3.8, 4) is 0 Å². The lowest BCUT2D eigenvalue weighted by Gasteiger charge is -2.30.